The van der Waals surface area contributed by atoms with Crippen LogP contribution in [0.25, 0.3) is 0 Å². The molecule has 0 fully saturated rings. The first kappa shape index (κ1) is 23.9. The maximum Gasteiger partial charge on any atom is 3.00 e. The molecule has 9 heteroatoms. The molecule has 0 saturated heterocycles. The van der Waals surface area contributed by atoms with Crippen molar-refractivity contribution in [3.8, 4) is 0 Å². The maximum atomic E-state index is 8.48. The maximum absolute atomic E-state index is 8.48. The molecule has 5 nitrogen and oxygen atoms in total. The quantitative estimate of drug-likeness (QED) is 0.419. The zero-order chi connectivity index (χ0) is 10.4. The van der Waals surface area contributed by atoms with Crippen molar-refractivity contribution in [2.24, 2.45) is 0 Å². The van der Waals surface area contributed by atoms with Gasteiger partial charge in [0.2, 0.25) is 0 Å². The molecule has 0 bridgehead atoms. The Labute approximate surface area is 98.3 Å². The zero-order valence-corrected chi connectivity index (χ0v) is 11.6. The molecule has 0 aliphatic carbocycles. The van der Waals surface area contributed by atoms with Crippen LogP contribution in [-0.2, 0) is 4.57 Å². The Bertz CT molecular complexity index is 72.8. The van der Waals surface area contributed by atoms with Gasteiger partial charge in [0.05, 0.1) is 8.69 Å². The Hall–Kier alpha value is 1.43. The SMILES string of the molecule is C[CH2][Al+][CH2]C.O=P[O-].[Al+3].[O-]P([O-])[O-]. The predicted molar refractivity (Wildman–Crippen MR) is 47.0 cm³/mol. The Morgan fingerprint density at radius 3 is 1.38 bits per heavy atom. The van der Waals surface area contributed by atoms with E-state index in [4.69, 9.17) is 24.1 Å². The molecule has 13 heavy (non-hydrogen) atoms. The van der Waals surface area contributed by atoms with Gasteiger partial charge in [0.25, 0.3) is 0 Å². The van der Waals surface area contributed by atoms with E-state index in [0.717, 1.165) is 15.2 Å². The molecule has 0 radical (unpaired) electrons. The number of hydrogen-bond acceptors (Lipinski definition) is 5. The van der Waals surface area contributed by atoms with Crippen molar-refractivity contribution in [3.63, 3.8) is 0 Å². The van der Waals surface area contributed by atoms with Crippen LogP contribution in [0, 0.1) is 0 Å². The summed E-state index contributed by atoms with van der Waals surface area (Å²) in [5.74, 6) is 0. The van der Waals surface area contributed by atoms with Crippen molar-refractivity contribution in [2.45, 2.75) is 24.4 Å². The molecule has 0 aromatic heterocycles. The molecule has 0 heterocycles. The third-order valence-corrected chi connectivity index (χ3v) is 1.73. The summed E-state index contributed by atoms with van der Waals surface area (Å²) in [6, 6.07) is 0. The van der Waals surface area contributed by atoms with E-state index in [1.807, 2.05) is 0 Å². The van der Waals surface area contributed by atoms with Gasteiger partial charge in [0, 0.05) is 0 Å². The van der Waals surface area contributed by atoms with E-state index in [0.29, 0.717) is 0 Å². The summed E-state index contributed by atoms with van der Waals surface area (Å²) >= 11 is 0.815. The Balaban J connectivity index is -0.0000000465. The van der Waals surface area contributed by atoms with Crippen molar-refractivity contribution in [1.82, 2.24) is 0 Å². The summed E-state index contributed by atoms with van der Waals surface area (Å²) in [5, 5.41) is 2.85. The smallest absolute Gasteiger partial charge is 0.854 e. The normalized spacial score (nSPS) is 7.00. The second-order valence-electron chi connectivity index (χ2n) is 1.40. The Kier molecular flexibility index (Phi) is 53.7. The van der Waals surface area contributed by atoms with Crippen molar-refractivity contribution in [1.29, 1.82) is 0 Å². The summed E-state index contributed by atoms with van der Waals surface area (Å²) in [6.45, 7) is 4.50. The van der Waals surface area contributed by atoms with E-state index >= 15 is 0 Å². The van der Waals surface area contributed by atoms with Gasteiger partial charge in [-0.2, -0.15) is 0 Å². The van der Waals surface area contributed by atoms with E-state index in [1.165, 1.54) is 10.6 Å². The van der Waals surface area contributed by atoms with E-state index in [2.05, 4.69) is 13.8 Å². The van der Waals surface area contributed by atoms with Crippen LogP contribution in [0.5, 0.6) is 0 Å². The van der Waals surface area contributed by atoms with Crippen LogP contribution in [-0.4, -0.2) is 32.6 Å². The number of hydrogen-bond donors (Lipinski definition) is 0. The predicted octanol–water partition coefficient (Wildman–Crippen LogP) is -1.97. The molecular formula is C4H10Al2O5P2. The van der Waals surface area contributed by atoms with Gasteiger partial charge >= 0.3 is 57.0 Å². The number of rotatable bonds is 2. The van der Waals surface area contributed by atoms with Crippen molar-refractivity contribution >= 4 is 49.9 Å². The van der Waals surface area contributed by atoms with Crippen LogP contribution < -0.4 is 19.6 Å². The summed E-state index contributed by atoms with van der Waals surface area (Å²) in [6.07, 6.45) is 0. The topological polar surface area (TPSA) is 109 Å². The molecule has 0 rings (SSSR count). The molecule has 0 unspecified atom stereocenters. The zero-order valence-electron chi connectivity index (χ0n) is 7.50. The summed E-state index contributed by atoms with van der Waals surface area (Å²) in [4.78, 5) is 33.8. The minimum Gasteiger partial charge on any atom is -0.854 e. The van der Waals surface area contributed by atoms with Gasteiger partial charge in [-0.15, -0.1) is 0 Å². The second-order valence-corrected chi connectivity index (χ2v) is 4.21. The van der Waals surface area contributed by atoms with Gasteiger partial charge in [-0.1, -0.05) is 0 Å². The van der Waals surface area contributed by atoms with Crippen LogP contribution >= 0.6 is 17.3 Å². The largest absolute Gasteiger partial charge is 3.00 e. The van der Waals surface area contributed by atoms with Crippen LogP contribution in [0.1, 0.15) is 13.8 Å². The fourth-order valence-corrected chi connectivity index (χ4v) is 0.866. The van der Waals surface area contributed by atoms with Crippen molar-refractivity contribution in [2.75, 3.05) is 0 Å². The van der Waals surface area contributed by atoms with E-state index in [1.54, 1.807) is 0 Å². The summed E-state index contributed by atoms with van der Waals surface area (Å²) < 4.78 is 8.35. The van der Waals surface area contributed by atoms with Gasteiger partial charge in [-0.05, 0) is 0 Å². The van der Waals surface area contributed by atoms with Crippen LogP contribution in [0.3, 0.4) is 0 Å². The standard InChI is InChI=1S/2C2H5.2Al.O3P.HO2P/c2*1-2;;;1-4(2)3;1-3-2/h2*1H2,2H3;;;;(H,1,2)/q;;+1;+3;-3;/p-1. The van der Waals surface area contributed by atoms with E-state index < -0.39 is 17.3 Å². The first-order valence-electron chi connectivity index (χ1n) is 3.14. The Morgan fingerprint density at radius 1 is 1.23 bits per heavy atom. The molecule has 0 spiro atoms. The fraction of sp³-hybridized carbons (Fsp3) is 1.00. The second kappa shape index (κ2) is 29.2. The van der Waals surface area contributed by atoms with Gasteiger partial charge in [-0.3, -0.25) is 4.57 Å². The molecule has 0 aromatic rings. The third kappa shape index (κ3) is 149. The van der Waals surface area contributed by atoms with Gasteiger partial charge in [0.1, 0.15) is 0 Å². The van der Waals surface area contributed by atoms with Crippen molar-refractivity contribution < 1.29 is 24.1 Å². The van der Waals surface area contributed by atoms with Crippen molar-refractivity contribution in [3.05, 3.63) is 0 Å². The van der Waals surface area contributed by atoms with E-state index in [-0.39, 0.29) is 17.4 Å². The van der Waals surface area contributed by atoms with Crippen LogP contribution in [0.4, 0.5) is 0 Å². The minimum atomic E-state index is -3.37. The van der Waals surface area contributed by atoms with Gasteiger partial charge < -0.3 is 28.2 Å². The average molecular weight is 254 g/mol. The molecular weight excluding hydrogens is 244 g/mol. The Morgan fingerprint density at radius 2 is 1.38 bits per heavy atom. The summed E-state index contributed by atoms with van der Waals surface area (Å²) in [5.41, 5.74) is 0. The average Bonchev–Trinajstić information content (AvgIpc) is 1.89. The van der Waals surface area contributed by atoms with E-state index in [9.17, 15) is 0 Å². The monoisotopic (exact) mass is 254 g/mol. The third-order valence-electron chi connectivity index (χ3n) is 0.577. The molecule has 0 amide bonds. The first-order valence-corrected chi connectivity index (χ1v) is 6.60. The molecule has 72 valence electrons. The molecule has 0 aliphatic heterocycles. The molecule has 0 N–H and O–H groups in total. The molecule has 0 aromatic carbocycles. The van der Waals surface area contributed by atoms with Crippen LogP contribution in [0.15, 0.2) is 0 Å². The molecule has 0 saturated carbocycles. The fourth-order valence-electron chi connectivity index (χ4n) is 0.289. The molecule has 0 aliphatic rings. The van der Waals surface area contributed by atoms with Crippen LogP contribution in [0.2, 0.25) is 10.6 Å². The first-order chi connectivity index (χ1) is 5.56. The molecule has 0 atom stereocenters. The van der Waals surface area contributed by atoms with Gasteiger partial charge in [0.15, 0.2) is 0 Å². The minimum absolute atomic E-state index is 0. The van der Waals surface area contributed by atoms with Gasteiger partial charge in [-0.25, -0.2) is 0 Å². The summed E-state index contributed by atoms with van der Waals surface area (Å²) in [7, 11) is -4.45.